The lowest BCUT2D eigenvalue weighted by Gasteiger charge is -2.54. The van der Waals surface area contributed by atoms with Crippen molar-refractivity contribution < 1.29 is 14.3 Å². The highest BCUT2D eigenvalue weighted by Gasteiger charge is 2.53. The molecule has 2 aliphatic rings. The minimum absolute atomic E-state index is 0.0239. The first-order valence-electron chi connectivity index (χ1n) is 9.63. The molecule has 0 spiro atoms. The number of nitrogens with zero attached hydrogens (tertiary/aromatic N) is 5. The lowest BCUT2D eigenvalue weighted by molar-refractivity contribution is -0.180. The molecular formula is C21H21N5O3. The third-order valence-corrected chi connectivity index (χ3v) is 6.08. The summed E-state index contributed by atoms with van der Waals surface area (Å²) >= 11 is 0. The fourth-order valence-corrected chi connectivity index (χ4v) is 4.51. The van der Waals surface area contributed by atoms with Gasteiger partial charge in [0.1, 0.15) is 12.7 Å². The van der Waals surface area contributed by atoms with E-state index in [9.17, 15) is 9.59 Å². The van der Waals surface area contributed by atoms with Crippen LogP contribution in [0.2, 0.25) is 0 Å². The molecule has 0 N–H and O–H groups in total. The van der Waals surface area contributed by atoms with E-state index in [4.69, 9.17) is 4.74 Å². The second-order valence-corrected chi connectivity index (χ2v) is 7.50. The Balaban J connectivity index is 1.46. The number of likely N-dealkylation sites (N-methyl/N-ethyl adjacent to an activating group) is 1. The number of amides is 2. The maximum Gasteiger partial charge on any atom is 0.274 e. The monoisotopic (exact) mass is 391 g/mol. The minimum Gasteiger partial charge on any atom is -0.364 e. The van der Waals surface area contributed by atoms with Crippen LogP contribution in [0, 0.1) is 0 Å². The smallest absolute Gasteiger partial charge is 0.274 e. The van der Waals surface area contributed by atoms with Crippen LogP contribution in [0.5, 0.6) is 0 Å². The van der Waals surface area contributed by atoms with Crippen molar-refractivity contribution in [2.75, 3.05) is 26.7 Å². The fourth-order valence-electron chi connectivity index (χ4n) is 4.51. The van der Waals surface area contributed by atoms with Crippen molar-refractivity contribution in [3.8, 4) is 0 Å². The zero-order chi connectivity index (χ0) is 20.0. The first kappa shape index (κ1) is 17.8. The van der Waals surface area contributed by atoms with E-state index in [-0.39, 0.29) is 24.5 Å². The second kappa shape index (κ2) is 6.66. The third kappa shape index (κ3) is 2.71. The summed E-state index contributed by atoms with van der Waals surface area (Å²) in [6.07, 6.45) is 3.73. The van der Waals surface area contributed by atoms with E-state index in [1.165, 1.54) is 0 Å². The summed E-state index contributed by atoms with van der Waals surface area (Å²) in [5, 5.41) is 4.35. The number of likely N-dealkylation sites (tertiary alicyclic amines) is 1. The normalized spacial score (nSPS) is 24.6. The first-order chi connectivity index (χ1) is 14.1. The van der Waals surface area contributed by atoms with E-state index in [0.717, 1.165) is 5.56 Å². The van der Waals surface area contributed by atoms with Crippen molar-refractivity contribution in [2.45, 2.75) is 18.1 Å². The third-order valence-electron chi connectivity index (χ3n) is 6.08. The zero-order valence-electron chi connectivity index (χ0n) is 16.1. The molecule has 0 saturated carbocycles. The predicted octanol–water partition coefficient (Wildman–Crippen LogP) is 1.33. The number of carbonyl (C=O) groups is 2. The van der Waals surface area contributed by atoms with Gasteiger partial charge in [-0.3, -0.25) is 9.59 Å². The minimum atomic E-state index is -0.576. The van der Waals surface area contributed by atoms with Crippen molar-refractivity contribution >= 4 is 17.5 Å². The molecule has 0 bridgehead atoms. The molecule has 8 nitrogen and oxygen atoms in total. The molecule has 2 atom stereocenters. The lowest BCUT2D eigenvalue weighted by atomic mass is 9.76. The molecule has 5 rings (SSSR count). The Morgan fingerprint density at radius 2 is 2.07 bits per heavy atom. The Labute approximate surface area is 167 Å². The number of ether oxygens (including phenoxy) is 1. The highest BCUT2D eigenvalue weighted by molar-refractivity contribution is 5.93. The molecule has 0 unspecified atom stereocenters. The first-order valence-corrected chi connectivity index (χ1v) is 9.63. The summed E-state index contributed by atoms with van der Waals surface area (Å²) in [7, 11) is 1.83. The summed E-state index contributed by atoms with van der Waals surface area (Å²) in [5.74, 6) is -0.198. The van der Waals surface area contributed by atoms with E-state index in [1.54, 1.807) is 38.8 Å². The van der Waals surface area contributed by atoms with Gasteiger partial charge in [0.05, 0.1) is 5.54 Å². The number of morpholine rings is 1. The zero-order valence-corrected chi connectivity index (χ0v) is 16.1. The molecule has 3 aromatic rings. The molecule has 4 heterocycles. The Morgan fingerprint density at radius 3 is 2.86 bits per heavy atom. The highest BCUT2D eigenvalue weighted by Crippen LogP contribution is 2.42. The van der Waals surface area contributed by atoms with Crippen LogP contribution in [0.3, 0.4) is 0 Å². The molecule has 2 aromatic heterocycles. The Kier molecular flexibility index (Phi) is 4.09. The topological polar surface area (TPSA) is 80.0 Å². The van der Waals surface area contributed by atoms with Gasteiger partial charge in [-0.1, -0.05) is 30.3 Å². The van der Waals surface area contributed by atoms with Crippen molar-refractivity contribution in [1.29, 1.82) is 0 Å². The van der Waals surface area contributed by atoms with Gasteiger partial charge in [-0.15, -0.1) is 0 Å². The molecule has 2 saturated heterocycles. The molecule has 1 aromatic carbocycles. The summed E-state index contributed by atoms with van der Waals surface area (Å²) in [6.45, 7) is 0.926. The molecule has 0 aliphatic carbocycles. The average Bonchev–Trinajstić information content (AvgIpc) is 3.20. The quantitative estimate of drug-likeness (QED) is 0.658. The number of carbonyl (C=O) groups excluding carboxylic acids is 2. The summed E-state index contributed by atoms with van der Waals surface area (Å²) in [4.78, 5) is 33.4. The van der Waals surface area contributed by atoms with E-state index in [1.807, 2.05) is 37.4 Å². The Bertz CT molecular complexity index is 1050. The van der Waals surface area contributed by atoms with E-state index in [2.05, 4.69) is 10.1 Å². The number of fused-ring (bicyclic) bond motifs is 2. The molecular weight excluding hydrogens is 370 g/mol. The van der Waals surface area contributed by atoms with Gasteiger partial charge in [0.25, 0.3) is 5.91 Å². The van der Waals surface area contributed by atoms with Gasteiger partial charge in [-0.2, -0.15) is 5.10 Å². The van der Waals surface area contributed by atoms with Crippen LogP contribution >= 0.6 is 0 Å². The van der Waals surface area contributed by atoms with Crippen LogP contribution in [-0.4, -0.2) is 69.1 Å². The fraction of sp³-hybridized carbons (Fsp3) is 0.333. The van der Waals surface area contributed by atoms with Gasteiger partial charge in [-0.05, 0) is 18.1 Å². The highest BCUT2D eigenvalue weighted by atomic mass is 16.5. The SMILES string of the molecule is CN1C(=O)CO[C@@H]2CN(C(=O)c3cc4ncccn4n3)CC[C@]21c1ccccc1. The maximum absolute atomic E-state index is 13.1. The second-order valence-electron chi connectivity index (χ2n) is 7.50. The molecule has 2 amide bonds. The number of aromatic nitrogens is 3. The lowest BCUT2D eigenvalue weighted by Crippen LogP contribution is -2.67. The predicted molar refractivity (Wildman–Crippen MR) is 104 cm³/mol. The van der Waals surface area contributed by atoms with Crippen LogP contribution < -0.4 is 0 Å². The largest absolute Gasteiger partial charge is 0.364 e. The number of piperidine rings is 1. The molecule has 29 heavy (non-hydrogen) atoms. The molecule has 8 heteroatoms. The van der Waals surface area contributed by atoms with Crippen molar-refractivity contribution in [2.24, 2.45) is 0 Å². The van der Waals surface area contributed by atoms with Crippen LogP contribution in [0.4, 0.5) is 0 Å². The molecule has 0 radical (unpaired) electrons. The number of rotatable bonds is 2. The number of hydrogen-bond acceptors (Lipinski definition) is 5. The van der Waals surface area contributed by atoms with Gasteiger partial charge >= 0.3 is 0 Å². The summed E-state index contributed by atoms with van der Waals surface area (Å²) in [5.41, 5.74) is 1.44. The van der Waals surface area contributed by atoms with E-state index in [0.29, 0.717) is 30.9 Å². The van der Waals surface area contributed by atoms with Gasteiger partial charge in [-0.25, -0.2) is 9.50 Å². The van der Waals surface area contributed by atoms with Crippen LogP contribution in [-0.2, 0) is 15.1 Å². The maximum atomic E-state index is 13.1. The van der Waals surface area contributed by atoms with Crippen LogP contribution in [0.25, 0.3) is 5.65 Å². The average molecular weight is 391 g/mol. The van der Waals surface area contributed by atoms with Crippen LogP contribution in [0.1, 0.15) is 22.5 Å². The summed E-state index contributed by atoms with van der Waals surface area (Å²) in [6, 6.07) is 13.4. The van der Waals surface area contributed by atoms with Gasteiger partial charge < -0.3 is 14.5 Å². The van der Waals surface area contributed by atoms with E-state index < -0.39 is 5.54 Å². The van der Waals surface area contributed by atoms with Gasteiger partial charge in [0.15, 0.2) is 11.3 Å². The Morgan fingerprint density at radius 1 is 1.24 bits per heavy atom. The molecule has 2 aliphatic heterocycles. The van der Waals surface area contributed by atoms with Gasteiger partial charge in [0.2, 0.25) is 5.91 Å². The summed E-state index contributed by atoms with van der Waals surface area (Å²) < 4.78 is 7.57. The number of benzene rings is 1. The van der Waals surface area contributed by atoms with E-state index >= 15 is 0 Å². The van der Waals surface area contributed by atoms with Crippen molar-refractivity contribution in [3.63, 3.8) is 0 Å². The standard InChI is InChI=1S/C21H21N5O3/c1-24-19(27)14-29-17-13-25(11-8-21(17,24)15-6-3-2-4-7-15)20(28)16-12-18-22-9-5-10-26(18)23-16/h2-7,9-10,12,17H,8,11,13-14H2,1H3/t17-,21+/m1/s1. The van der Waals surface area contributed by atoms with Crippen molar-refractivity contribution in [3.05, 3.63) is 66.1 Å². The molecule has 148 valence electrons. The van der Waals surface area contributed by atoms with Crippen LogP contribution in [0.15, 0.2) is 54.9 Å². The van der Waals surface area contributed by atoms with Crippen molar-refractivity contribution in [1.82, 2.24) is 24.4 Å². The van der Waals surface area contributed by atoms with Gasteiger partial charge in [0, 0.05) is 38.6 Å². The molecule has 2 fully saturated rings. The Hall–Kier alpha value is -3.26. The number of hydrogen-bond donors (Lipinski definition) is 0.